The molecule has 0 spiro atoms. The summed E-state index contributed by atoms with van der Waals surface area (Å²) in [7, 11) is 0. The normalized spacial score (nSPS) is 17.3. The Kier molecular flexibility index (Phi) is 4.48. The lowest BCUT2D eigenvalue weighted by Gasteiger charge is -2.42. The van der Waals surface area contributed by atoms with Crippen LogP contribution in [0.1, 0.15) is 43.6 Å². The van der Waals surface area contributed by atoms with E-state index in [9.17, 15) is 4.79 Å². The third kappa shape index (κ3) is 3.40. The van der Waals surface area contributed by atoms with Crippen LogP contribution in [-0.2, 0) is 6.42 Å². The Morgan fingerprint density at radius 2 is 1.80 bits per heavy atom. The van der Waals surface area contributed by atoms with Crippen molar-refractivity contribution in [3.05, 3.63) is 35.4 Å². The quantitative estimate of drug-likeness (QED) is 0.828. The molecular weight excluding hydrogens is 248 g/mol. The van der Waals surface area contributed by atoms with E-state index in [2.05, 4.69) is 38.7 Å². The molecule has 0 bridgehead atoms. The molecule has 0 N–H and O–H groups in total. The van der Waals surface area contributed by atoms with E-state index in [1.165, 1.54) is 5.56 Å². The third-order valence-corrected chi connectivity index (χ3v) is 4.10. The Morgan fingerprint density at radius 3 is 2.35 bits per heavy atom. The summed E-state index contributed by atoms with van der Waals surface area (Å²) < 4.78 is 0. The standard InChI is InChI=1S/C17H26N2O/c1-5-14-7-6-8-15(13-14)16(20)18-9-11-19(12-10-18)17(2,3)4/h6-8,13H,5,9-12H2,1-4H3. The first kappa shape index (κ1) is 15.0. The molecule has 0 aromatic heterocycles. The first-order chi connectivity index (χ1) is 9.41. The van der Waals surface area contributed by atoms with Crippen LogP contribution in [0.3, 0.4) is 0 Å². The van der Waals surface area contributed by atoms with E-state index < -0.39 is 0 Å². The molecule has 1 aromatic carbocycles. The third-order valence-electron chi connectivity index (χ3n) is 4.10. The monoisotopic (exact) mass is 274 g/mol. The summed E-state index contributed by atoms with van der Waals surface area (Å²) in [5.41, 5.74) is 2.25. The molecule has 1 aromatic rings. The molecule has 0 saturated carbocycles. The van der Waals surface area contributed by atoms with Gasteiger partial charge in [0.05, 0.1) is 0 Å². The van der Waals surface area contributed by atoms with Gasteiger partial charge in [0, 0.05) is 37.3 Å². The number of nitrogens with zero attached hydrogens (tertiary/aromatic N) is 2. The summed E-state index contributed by atoms with van der Waals surface area (Å²) in [5.74, 6) is 0.175. The van der Waals surface area contributed by atoms with Crippen molar-refractivity contribution < 1.29 is 4.79 Å². The van der Waals surface area contributed by atoms with Gasteiger partial charge in [-0.1, -0.05) is 19.1 Å². The topological polar surface area (TPSA) is 23.6 Å². The number of benzene rings is 1. The van der Waals surface area contributed by atoms with E-state index in [1.807, 2.05) is 23.1 Å². The highest BCUT2D eigenvalue weighted by molar-refractivity contribution is 5.94. The van der Waals surface area contributed by atoms with Gasteiger partial charge >= 0.3 is 0 Å². The van der Waals surface area contributed by atoms with Crippen molar-refractivity contribution in [2.24, 2.45) is 0 Å². The van der Waals surface area contributed by atoms with Gasteiger partial charge in [0.15, 0.2) is 0 Å². The molecule has 3 heteroatoms. The molecule has 1 aliphatic heterocycles. The Hall–Kier alpha value is -1.35. The van der Waals surface area contributed by atoms with Crippen molar-refractivity contribution in [1.82, 2.24) is 9.80 Å². The predicted octanol–water partition coefficient (Wildman–Crippen LogP) is 2.81. The van der Waals surface area contributed by atoms with Gasteiger partial charge in [-0.2, -0.15) is 0 Å². The lowest BCUT2D eigenvalue weighted by molar-refractivity contribution is 0.0451. The fourth-order valence-corrected chi connectivity index (χ4v) is 2.69. The second-order valence-electron chi connectivity index (χ2n) is 6.50. The van der Waals surface area contributed by atoms with E-state index in [0.717, 1.165) is 38.2 Å². The molecule has 1 fully saturated rings. The molecule has 0 radical (unpaired) electrons. The Labute approximate surface area is 122 Å². The van der Waals surface area contributed by atoms with Gasteiger partial charge in [0.1, 0.15) is 0 Å². The molecule has 0 unspecified atom stereocenters. The Bertz CT molecular complexity index is 468. The van der Waals surface area contributed by atoms with Crippen molar-refractivity contribution in [1.29, 1.82) is 0 Å². The van der Waals surface area contributed by atoms with Crippen LogP contribution in [0.2, 0.25) is 0 Å². The van der Waals surface area contributed by atoms with Crippen LogP contribution in [0.25, 0.3) is 0 Å². The zero-order valence-electron chi connectivity index (χ0n) is 13.1. The van der Waals surface area contributed by atoms with E-state index >= 15 is 0 Å². The maximum atomic E-state index is 12.5. The number of rotatable bonds is 2. The molecule has 1 saturated heterocycles. The minimum absolute atomic E-state index is 0.175. The lowest BCUT2D eigenvalue weighted by atomic mass is 10.0. The van der Waals surface area contributed by atoms with Crippen molar-refractivity contribution in [3.63, 3.8) is 0 Å². The highest BCUT2D eigenvalue weighted by Gasteiger charge is 2.28. The molecule has 1 heterocycles. The highest BCUT2D eigenvalue weighted by Crippen LogP contribution is 2.17. The van der Waals surface area contributed by atoms with Gasteiger partial charge in [0.25, 0.3) is 5.91 Å². The predicted molar refractivity (Wildman–Crippen MR) is 83.0 cm³/mol. The molecule has 1 aliphatic rings. The van der Waals surface area contributed by atoms with Gasteiger partial charge in [-0.3, -0.25) is 9.69 Å². The van der Waals surface area contributed by atoms with Crippen molar-refractivity contribution in [2.75, 3.05) is 26.2 Å². The summed E-state index contributed by atoms with van der Waals surface area (Å²) in [6, 6.07) is 8.02. The zero-order valence-corrected chi connectivity index (χ0v) is 13.1. The number of amides is 1. The number of aryl methyl sites for hydroxylation is 1. The molecule has 110 valence electrons. The van der Waals surface area contributed by atoms with E-state index in [0.29, 0.717) is 0 Å². The van der Waals surface area contributed by atoms with Crippen LogP contribution in [0, 0.1) is 0 Å². The smallest absolute Gasteiger partial charge is 0.253 e. The van der Waals surface area contributed by atoms with Crippen molar-refractivity contribution in [2.45, 2.75) is 39.7 Å². The molecule has 1 amide bonds. The second kappa shape index (κ2) is 5.96. The maximum Gasteiger partial charge on any atom is 0.253 e. The van der Waals surface area contributed by atoms with Gasteiger partial charge in [-0.25, -0.2) is 0 Å². The summed E-state index contributed by atoms with van der Waals surface area (Å²) in [5, 5.41) is 0. The number of carbonyl (C=O) groups is 1. The molecule has 0 aliphatic carbocycles. The Morgan fingerprint density at radius 1 is 1.15 bits per heavy atom. The molecular formula is C17H26N2O. The van der Waals surface area contributed by atoms with Crippen molar-refractivity contribution in [3.8, 4) is 0 Å². The molecule has 3 nitrogen and oxygen atoms in total. The SMILES string of the molecule is CCc1cccc(C(=O)N2CCN(C(C)(C)C)CC2)c1. The summed E-state index contributed by atoms with van der Waals surface area (Å²) in [6.45, 7) is 12.4. The average Bonchev–Trinajstić information content (AvgIpc) is 2.46. The first-order valence-electron chi connectivity index (χ1n) is 7.55. The molecule has 0 atom stereocenters. The average molecular weight is 274 g/mol. The van der Waals surface area contributed by atoms with Crippen LogP contribution >= 0.6 is 0 Å². The maximum absolute atomic E-state index is 12.5. The number of hydrogen-bond acceptors (Lipinski definition) is 2. The van der Waals surface area contributed by atoms with E-state index in [4.69, 9.17) is 0 Å². The highest BCUT2D eigenvalue weighted by atomic mass is 16.2. The van der Waals surface area contributed by atoms with Gasteiger partial charge < -0.3 is 4.90 Å². The van der Waals surface area contributed by atoms with Crippen molar-refractivity contribution >= 4 is 5.91 Å². The van der Waals surface area contributed by atoms with Gasteiger partial charge in [0.2, 0.25) is 0 Å². The fraction of sp³-hybridized carbons (Fsp3) is 0.588. The largest absolute Gasteiger partial charge is 0.336 e. The number of hydrogen-bond donors (Lipinski definition) is 0. The van der Waals surface area contributed by atoms with E-state index in [-0.39, 0.29) is 11.4 Å². The zero-order chi connectivity index (χ0) is 14.8. The van der Waals surface area contributed by atoms with Crippen LogP contribution in [-0.4, -0.2) is 47.4 Å². The van der Waals surface area contributed by atoms with Crippen LogP contribution in [0.5, 0.6) is 0 Å². The first-order valence-corrected chi connectivity index (χ1v) is 7.55. The minimum atomic E-state index is 0.175. The van der Waals surface area contributed by atoms with Crippen LogP contribution in [0.15, 0.2) is 24.3 Å². The second-order valence-corrected chi connectivity index (χ2v) is 6.50. The fourth-order valence-electron chi connectivity index (χ4n) is 2.69. The lowest BCUT2D eigenvalue weighted by Crippen LogP contribution is -2.54. The summed E-state index contributed by atoms with van der Waals surface area (Å²) in [6.07, 6.45) is 0.971. The van der Waals surface area contributed by atoms with Gasteiger partial charge in [-0.15, -0.1) is 0 Å². The molecule has 20 heavy (non-hydrogen) atoms. The minimum Gasteiger partial charge on any atom is -0.336 e. The number of piperazine rings is 1. The Balaban J connectivity index is 2.01. The summed E-state index contributed by atoms with van der Waals surface area (Å²) in [4.78, 5) is 17.0. The van der Waals surface area contributed by atoms with Gasteiger partial charge in [-0.05, 0) is 44.9 Å². The van der Waals surface area contributed by atoms with Crippen LogP contribution < -0.4 is 0 Å². The van der Waals surface area contributed by atoms with E-state index in [1.54, 1.807) is 0 Å². The van der Waals surface area contributed by atoms with Crippen LogP contribution in [0.4, 0.5) is 0 Å². The summed E-state index contributed by atoms with van der Waals surface area (Å²) >= 11 is 0. The molecule has 2 rings (SSSR count). The number of carbonyl (C=O) groups excluding carboxylic acids is 1.